The summed E-state index contributed by atoms with van der Waals surface area (Å²) < 4.78 is 0. The number of aliphatic carboxylic acids is 1. The van der Waals surface area contributed by atoms with E-state index in [9.17, 15) is 9.59 Å². The first-order chi connectivity index (χ1) is 8.58. The van der Waals surface area contributed by atoms with Crippen LogP contribution in [0.15, 0.2) is 0 Å². The van der Waals surface area contributed by atoms with Crippen LogP contribution in [0.2, 0.25) is 0 Å². The third-order valence-electron chi connectivity index (χ3n) is 3.95. The molecule has 0 aromatic heterocycles. The number of hydrogen-bond acceptors (Lipinski definition) is 3. The molecule has 1 aliphatic carbocycles. The average molecular weight is 254 g/mol. The van der Waals surface area contributed by atoms with E-state index in [0.717, 1.165) is 19.4 Å². The Bertz CT molecular complexity index is 326. The summed E-state index contributed by atoms with van der Waals surface area (Å²) in [5, 5.41) is 11.9. The van der Waals surface area contributed by atoms with Crippen molar-refractivity contribution in [1.82, 2.24) is 10.2 Å². The minimum Gasteiger partial charge on any atom is -0.481 e. The molecule has 18 heavy (non-hydrogen) atoms. The van der Waals surface area contributed by atoms with Crippen molar-refractivity contribution in [3.05, 3.63) is 0 Å². The molecule has 102 valence electrons. The molecular formula is C13H22N2O3. The van der Waals surface area contributed by atoms with E-state index in [0.29, 0.717) is 12.5 Å². The molecule has 0 aromatic carbocycles. The molecular weight excluding hydrogens is 232 g/mol. The zero-order valence-electron chi connectivity index (χ0n) is 10.9. The monoisotopic (exact) mass is 254 g/mol. The van der Waals surface area contributed by atoms with Crippen LogP contribution in [0.4, 0.5) is 0 Å². The minimum atomic E-state index is -0.838. The van der Waals surface area contributed by atoms with Gasteiger partial charge in [0.05, 0.1) is 6.04 Å². The molecule has 1 heterocycles. The van der Waals surface area contributed by atoms with Crippen molar-refractivity contribution in [3.63, 3.8) is 0 Å². The van der Waals surface area contributed by atoms with E-state index >= 15 is 0 Å². The molecule has 2 N–H and O–H groups in total. The van der Waals surface area contributed by atoms with Crippen molar-refractivity contribution < 1.29 is 14.7 Å². The van der Waals surface area contributed by atoms with Crippen LogP contribution in [0, 0.1) is 0 Å². The lowest BCUT2D eigenvalue weighted by molar-refractivity contribution is -0.141. The predicted molar refractivity (Wildman–Crippen MR) is 67.2 cm³/mol. The maximum atomic E-state index is 12.3. The quantitative estimate of drug-likeness (QED) is 0.784. The van der Waals surface area contributed by atoms with Crippen molar-refractivity contribution >= 4 is 11.9 Å². The molecule has 5 heteroatoms. The summed E-state index contributed by atoms with van der Waals surface area (Å²) in [5.41, 5.74) is 0. The van der Waals surface area contributed by atoms with Crippen LogP contribution in [0.25, 0.3) is 0 Å². The predicted octanol–water partition coefficient (Wildman–Crippen LogP) is 0.983. The van der Waals surface area contributed by atoms with Gasteiger partial charge in [0.15, 0.2) is 0 Å². The Morgan fingerprint density at radius 1 is 1.44 bits per heavy atom. The summed E-state index contributed by atoms with van der Waals surface area (Å²) in [6.07, 6.45) is 5.05. The summed E-state index contributed by atoms with van der Waals surface area (Å²) in [6, 6.07) is 0.321. The zero-order valence-corrected chi connectivity index (χ0v) is 10.9. The van der Waals surface area contributed by atoms with Gasteiger partial charge in [-0.2, -0.15) is 0 Å². The van der Waals surface area contributed by atoms with E-state index in [2.05, 4.69) is 12.2 Å². The van der Waals surface area contributed by atoms with Gasteiger partial charge >= 0.3 is 5.97 Å². The number of carboxylic acid groups (broad SMARTS) is 1. The van der Waals surface area contributed by atoms with Crippen LogP contribution in [0.1, 0.15) is 45.4 Å². The number of carbonyl (C=O) groups excluding carboxylic acids is 1. The molecule has 1 amide bonds. The second-order valence-corrected chi connectivity index (χ2v) is 5.48. The molecule has 2 aliphatic rings. The van der Waals surface area contributed by atoms with E-state index in [-0.39, 0.29) is 24.4 Å². The van der Waals surface area contributed by atoms with Crippen LogP contribution in [0.5, 0.6) is 0 Å². The first-order valence-corrected chi connectivity index (χ1v) is 6.86. The number of rotatable bonds is 4. The number of nitrogens with zero attached hydrogens (tertiary/aromatic N) is 1. The average Bonchev–Trinajstić information content (AvgIpc) is 2.83. The van der Waals surface area contributed by atoms with Gasteiger partial charge in [0, 0.05) is 25.0 Å². The maximum absolute atomic E-state index is 12.3. The van der Waals surface area contributed by atoms with Gasteiger partial charge < -0.3 is 15.3 Å². The summed E-state index contributed by atoms with van der Waals surface area (Å²) in [7, 11) is 0. The van der Waals surface area contributed by atoms with E-state index in [1.54, 1.807) is 0 Å². The number of carbonyl (C=O) groups is 2. The molecule has 2 fully saturated rings. The smallest absolute Gasteiger partial charge is 0.303 e. The summed E-state index contributed by atoms with van der Waals surface area (Å²) >= 11 is 0. The fourth-order valence-corrected chi connectivity index (χ4v) is 3.07. The maximum Gasteiger partial charge on any atom is 0.303 e. The van der Waals surface area contributed by atoms with E-state index < -0.39 is 5.97 Å². The van der Waals surface area contributed by atoms with Gasteiger partial charge in [-0.15, -0.1) is 0 Å². The molecule has 0 bridgehead atoms. The Morgan fingerprint density at radius 2 is 2.11 bits per heavy atom. The van der Waals surface area contributed by atoms with Crippen molar-refractivity contribution in [1.29, 1.82) is 0 Å². The second kappa shape index (κ2) is 5.69. The first-order valence-electron chi connectivity index (χ1n) is 6.86. The largest absolute Gasteiger partial charge is 0.481 e. The highest BCUT2D eigenvalue weighted by Crippen LogP contribution is 2.26. The summed E-state index contributed by atoms with van der Waals surface area (Å²) in [4.78, 5) is 24.9. The van der Waals surface area contributed by atoms with Crippen LogP contribution in [-0.4, -0.2) is 46.6 Å². The first kappa shape index (κ1) is 13.3. The van der Waals surface area contributed by atoms with Crippen LogP contribution in [0.3, 0.4) is 0 Å². The molecule has 0 aromatic rings. The van der Waals surface area contributed by atoms with Gasteiger partial charge in [0.2, 0.25) is 5.91 Å². The molecule has 0 spiro atoms. The Labute approximate surface area is 108 Å². The number of hydrogen-bond donors (Lipinski definition) is 2. The number of nitrogens with one attached hydrogen (secondary N) is 1. The number of piperazine rings is 1. The zero-order chi connectivity index (χ0) is 13.1. The fourth-order valence-electron chi connectivity index (χ4n) is 3.07. The van der Waals surface area contributed by atoms with Crippen molar-refractivity contribution in [3.8, 4) is 0 Å². The standard InChI is InChI=1S/C13H22N2O3/c1-9-8-15(10-4-2-3-5-10)13(18)11(14-9)6-7-12(16)17/h9-11,14H,2-8H2,1H3,(H,16,17). The van der Waals surface area contributed by atoms with Gasteiger partial charge in [-0.25, -0.2) is 0 Å². The molecule has 2 atom stereocenters. The topological polar surface area (TPSA) is 69.6 Å². The van der Waals surface area contributed by atoms with Crippen LogP contribution >= 0.6 is 0 Å². The summed E-state index contributed by atoms with van der Waals surface area (Å²) in [5.74, 6) is -0.739. The molecule has 5 nitrogen and oxygen atoms in total. The highest BCUT2D eigenvalue weighted by molar-refractivity contribution is 5.83. The lowest BCUT2D eigenvalue weighted by Crippen LogP contribution is -2.61. The molecule has 1 saturated heterocycles. The Morgan fingerprint density at radius 3 is 2.72 bits per heavy atom. The third kappa shape index (κ3) is 3.02. The van der Waals surface area contributed by atoms with Gasteiger partial charge in [-0.05, 0) is 26.2 Å². The number of carboxylic acids is 1. The Balaban J connectivity index is 1.98. The van der Waals surface area contributed by atoms with Gasteiger partial charge in [0.1, 0.15) is 0 Å². The number of amides is 1. The summed E-state index contributed by atoms with van der Waals surface area (Å²) in [6.45, 7) is 2.81. The lowest BCUT2D eigenvalue weighted by atomic mass is 10.0. The third-order valence-corrected chi connectivity index (χ3v) is 3.95. The molecule has 2 unspecified atom stereocenters. The van der Waals surface area contributed by atoms with Crippen molar-refractivity contribution in [2.45, 2.75) is 63.6 Å². The van der Waals surface area contributed by atoms with Crippen LogP contribution < -0.4 is 5.32 Å². The molecule has 2 rings (SSSR count). The Kier molecular flexibility index (Phi) is 4.22. The molecule has 1 aliphatic heterocycles. The SMILES string of the molecule is CC1CN(C2CCCC2)C(=O)C(CCC(=O)O)N1. The van der Waals surface area contributed by atoms with Gasteiger partial charge in [-0.1, -0.05) is 12.8 Å². The second-order valence-electron chi connectivity index (χ2n) is 5.48. The van der Waals surface area contributed by atoms with Gasteiger partial charge in [-0.3, -0.25) is 9.59 Å². The minimum absolute atomic E-state index is 0.0502. The van der Waals surface area contributed by atoms with E-state index in [1.165, 1.54) is 12.8 Å². The highest BCUT2D eigenvalue weighted by atomic mass is 16.4. The van der Waals surface area contributed by atoms with Crippen LogP contribution in [-0.2, 0) is 9.59 Å². The van der Waals surface area contributed by atoms with Crippen molar-refractivity contribution in [2.75, 3.05) is 6.54 Å². The lowest BCUT2D eigenvalue weighted by Gasteiger charge is -2.40. The Hall–Kier alpha value is -1.10. The molecule has 0 radical (unpaired) electrons. The van der Waals surface area contributed by atoms with Gasteiger partial charge in [0.25, 0.3) is 0 Å². The van der Waals surface area contributed by atoms with E-state index in [1.807, 2.05) is 4.90 Å². The fraction of sp³-hybridized carbons (Fsp3) is 0.846. The highest BCUT2D eigenvalue weighted by Gasteiger charge is 2.36. The molecule has 1 saturated carbocycles. The van der Waals surface area contributed by atoms with Crippen molar-refractivity contribution in [2.24, 2.45) is 0 Å². The normalized spacial score (nSPS) is 29.8. The van der Waals surface area contributed by atoms with E-state index in [4.69, 9.17) is 5.11 Å².